The van der Waals surface area contributed by atoms with Crippen LogP contribution in [-0.4, -0.2) is 17.2 Å². The monoisotopic (exact) mass is 392 g/mol. The standard InChI is InChI=1S/C24H24O3S/c1-16-13-17(2)18(3)21(14-16)27-22(24(25)26)15-19-9-7-8-12-23(19)28-20-10-5-4-6-11-20/h4-14,22H,15H2,1-3H3,(H,25,26)/t22-/m0/s1. The highest BCUT2D eigenvalue weighted by Crippen LogP contribution is 2.32. The third-order valence-electron chi connectivity index (χ3n) is 4.66. The van der Waals surface area contributed by atoms with Gasteiger partial charge in [-0.05, 0) is 67.3 Å². The average Bonchev–Trinajstić information content (AvgIpc) is 2.67. The molecule has 0 saturated heterocycles. The van der Waals surface area contributed by atoms with Gasteiger partial charge in [-0.1, -0.05) is 54.2 Å². The van der Waals surface area contributed by atoms with E-state index in [1.54, 1.807) is 11.8 Å². The number of carboxylic acids is 1. The van der Waals surface area contributed by atoms with Crippen molar-refractivity contribution in [1.29, 1.82) is 0 Å². The van der Waals surface area contributed by atoms with Crippen LogP contribution in [-0.2, 0) is 11.2 Å². The molecule has 3 aromatic carbocycles. The first-order valence-corrected chi connectivity index (χ1v) is 10.0. The molecule has 0 saturated carbocycles. The fourth-order valence-corrected chi connectivity index (χ4v) is 4.02. The van der Waals surface area contributed by atoms with Gasteiger partial charge in [0.25, 0.3) is 0 Å². The van der Waals surface area contributed by atoms with Crippen molar-refractivity contribution < 1.29 is 14.6 Å². The van der Waals surface area contributed by atoms with Gasteiger partial charge in [0.2, 0.25) is 0 Å². The van der Waals surface area contributed by atoms with Crippen LogP contribution in [0.5, 0.6) is 5.75 Å². The fourth-order valence-electron chi connectivity index (χ4n) is 3.04. The minimum atomic E-state index is -0.960. The molecule has 0 aromatic heterocycles. The number of ether oxygens (including phenoxy) is 1. The Morgan fingerprint density at radius 3 is 2.39 bits per heavy atom. The molecule has 0 fully saturated rings. The summed E-state index contributed by atoms with van der Waals surface area (Å²) in [6.45, 7) is 5.96. The average molecular weight is 393 g/mol. The van der Waals surface area contributed by atoms with E-state index in [1.807, 2.05) is 81.4 Å². The fraction of sp³-hybridized carbons (Fsp3) is 0.208. The van der Waals surface area contributed by atoms with Gasteiger partial charge in [0, 0.05) is 16.2 Å². The second-order valence-corrected chi connectivity index (χ2v) is 7.99. The number of rotatable bonds is 7. The first kappa shape index (κ1) is 20.0. The zero-order valence-corrected chi connectivity index (χ0v) is 17.1. The summed E-state index contributed by atoms with van der Waals surface area (Å²) in [6, 6.07) is 22.0. The molecule has 0 aliphatic rings. The Labute approximate surface area is 170 Å². The van der Waals surface area contributed by atoms with Crippen LogP contribution in [0.3, 0.4) is 0 Å². The van der Waals surface area contributed by atoms with Crippen molar-refractivity contribution in [3.63, 3.8) is 0 Å². The van der Waals surface area contributed by atoms with Gasteiger partial charge in [0.05, 0.1) is 0 Å². The maximum atomic E-state index is 11.9. The van der Waals surface area contributed by atoms with Crippen molar-refractivity contribution in [2.75, 3.05) is 0 Å². The number of aliphatic carboxylic acids is 1. The number of carbonyl (C=O) groups is 1. The summed E-state index contributed by atoms with van der Waals surface area (Å²) in [5, 5.41) is 9.77. The molecule has 144 valence electrons. The van der Waals surface area contributed by atoms with Crippen LogP contribution < -0.4 is 4.74 Å². The Morgan fingerprint density at radius 2 is 1.68 bits per heavy atom. The minimum absolute atomic E-state index is 0.303. The third kappa shape index (κ3) is 4.96. The summed E-state index contributed by atoms with van der Waals surface area (Å²) in [4.78, 5) is 14.1. The summed E-state index contributed by atoms with van der Waals surface area (Å²) in [7, 11) is 0. The van der Waals surface area contributed by atoms with E-state index in [0.29, 0.717) is 12.2 Å². The smallest absolute Gasteiger partial charge is 0.345 e. The maximum Gasteiger partial charge on any atom is 0.345 e. The molecule has 0 unspecified atom stereocenters. The third-order valence-corrected chi connectivity index (χ3v) is 5.78. The van der Waals surface area contributed by atoms with Gasteiger partial charge in [-0.2, -0.15) is 0 Å². The molecule has 1 atom stereocenters. The van der Waals surface area contributed by atoms with Gasteiger partial charge < -0.3 is 9.84 Å². The largest absolute Gasteiger partial charge is 0.478 e. The predicted molar refractivity (Wildman–Crippen MR) is 113 cm³/mol. The van der Waals surface area contributed by atoms with Crippen molar-refractivity contribution in [1.82, 2.24) is 0 Å². The van der Waals surface area contributed by atoms with E-state index in [2.05, 4.69) is 6.07 Å². The zero-order valence-electron chi connectivity index (χ0n) is 16.3. The highest BCUT2D eigenvalue weighted by atomic mass is 32.2. The Morgan fingerprint density at radius 1 is 1.00 bits per heavy atom. The molecule has 3 nitrogen and oxygen atoms in total. The lowest BCUT2D eigenvalue weighted by atomic mass is 10.0. The Hall–Kier alpha value is -2.72. The Bertz CT molecular complexity index is 967. The maximum absolute atomic E-state index is 11.9. The molecule has 3 rings (SSSR count). The lowest BCUT2D eigenvalue weighted by Crippen LogP contribution is -2.30. The molecule has 0 bridgehead atoms. The second kappa shape index (κ2) is 8.98. The lowest BCUT2D eigenvalue weighted by Gasteiger charge is -2.19. The first-order valence-electron chi connectivity index (χ1n) is 9.22. The van der Waals surface area contributed by atoms with E-state index in [9.17, 15) is 9.90 Å². The number of hydrogen-bond donors (Lipinski definition) is 1. The minimum Gasteiger partial charge on any atom is -0.478 e. The Balaban J connectivity index is 1.85. The highest BCUT2D eigenvalue weighted by Gasteiger charge is 2.23. The molecule has 0 aliphatic carbocycles. The summed E-state index contributed by atoms with van der Waals surface area (Å²) in [5.74, 6) is -0.323. The van der Waals surface area contributed by atoms with Gasteiger partial charge in [0.15, 0.2) is 6.10 Å². The molecule has 0 heterocycles. The van der Waals surface area contributed by atoms with E-state index in [0.717, 1.165) is 32.0 Å². The molecule has 0 radical (unpaired) electrons. The summed E-state index contributed by atoms with van der Waals surface area (Å²) >= 11 is 1.63. The van der Waals surface area contributed by atoms with Gasteiger partial charge in [0.1, 0.15) is 5.75 Å². The highest BCUT2D eigenvalue weighted by molar-refractivity contribution is 7.99. The number of aryl methyl sites for hydroxylation is 2. The Kier molecular flexibility index (Phi) is 6.42. The second-order valence-electron chi connectivity index (χ2n) is 6.88. The van der Waals surface area contributed by atoms with Gasteiger partial charge >= 0.3 is 5.97 Å². The first-order chi connectivity index (χ1) is 13.4. The molecule has 0 amide bonds. The van der Waals surface area contributed by atoms with E-state index in [4.69, 9.17) is 4.74 Å². The van der Waals surface area contributed by atoms with Crippen molar-refractivity contribution in [3.8, 4) is 5.75 Å². The van der Waals surface area contributed by atoms with Crippen LogP contribution in [0.25, 0.3) is 0 Å². The zero-order chi connectivity index (χ0) is 20.1. The van der Waals surface area contributed by atoms with Crippen LogP contribution in [0, 0.1) is 20.8 Å². The molecule has 3 aromatic rings. The number of benzene rings is 3. The van der Waals surface area contributed by atoms with Crippen molar-refractivity contribution in [2.45, 2.75) is 43.1 Å². The van der Waals surface area contributed by atoms with Crippen LogP contribution in [0.4, 0.5) is 0 Å². The summed E-state index contributed by atoms with van der Waals surface area (Å²) in [5.41, 5.74) is 4.09. The van der Waals surface area contributed by atoms with E-state index >= 15 is 0 Å². The summed E-state index contributed by atoms with van der Waals surface area (Å²) in [6.07, 6.45) is -0.643. The van der Waals surface area contributed by atoms with E-state index < -0.39 is 12.1 Å². The lowest BCUT2D eigenvalue weighted by molar-refractivity contribution is -0.145. The molecule has 0 aliphatic heterocycles. The van der Waals surface area contributed by atoms with Crippen LogP contribution >= 0.6 is 11.8 Å². The number of hydrogen-bond acceptors (Lipinski definition) is 3. The van der Waals surface area contributed by atoms with E-state index in [-0.39, 0.29) is 0 Å². The van der Waals surface area contributed by atoms with Gasteiger partial charge in [-0.15, -0.1) is 0 Å². The SMILES string of the molecule is Cc1cc(C)c(C)c(O[C@@H](Cc2ccccc2Sc2ccccc2)C(=O)O)c1. The van der Waals surface area contributed by atoms with E-state index in [1.165, 1.54) is 0 Å². The van der Waals surface area contributed by atoms with Crippen LogP contribution in [0.15, 0.2) is 76.5 Å². The van der Waals surface area contributed by atoms with Crippen molar-refractivity contribution in [3.05, 3.63) is 89.0 Å². The molecular weight excluding hydrogens is 368 g/mol. The molecular formula is C24H24O3S. The van der Waals surface area contributed by atoms with Crippen LogP contribution in [0.1, 0.15) is 22.3 Å². The van der Waals surface area contributed by atoms with Crippen LogP contribution in [0.2, 0.25) is 0 Å². The normalized spacial score (nSPS) is 11.8. The van der Waals surface area contributed by atoms with Crippen molar-refractivity contribution in [2.24, 2.45) is 0 Å². The predicted octanol–water partition coefficient (Wildman–Crippen LogP) is 5.84. The quantitative estimate of drug-likeness (QED) is 0.549. The van der Waals surface area contributed by atoms with Crippen molar-refractivity contribution >= 4 is 17.7 Å². The molecule has 1 N–H and O–H groups in total. The molecule has 4 heteroatoms. The van der Waals surface area contributed by atoms with Gasteiger partial charge in [-0.25, -0.2) is 4.79 Å². The summed E-state index contributed by atoms with van der Waals surface area (Å²) < 4.78 is 5.97. The topological polar surface area (TPSA) is 46.5 Å². The van der Waals surface area contributed by atoms with Gasteiger partial charge in [-0.3, -0.25) is 0 Å². The molecule has 0 spiro atoms. The number of carboxylic acid groups (broad SMARTS) is 1. The molecule has 28 heavy (non-hydrogen) atoms.